The summed E-state index contributed by atoms with van der Waals surface area (Å²) >= 11 is 0. The summed E-state index contributed by atoms with van der Waals surface area (Å²) in [6, 6.07) is 3.76. The Bertz CT molecular complexity index is 901. The standard InChI is InChI=1S/C18H17F3N2O2.C3H8.C2H6/c1-5-22-9-11(3)15-7-13(17(24)25-4)12-6-10(2)14(18(19,20)21)8-16(12)23-15;1-3-2;1-2/h5-9H,1-4H3;3H2,1-2H3;1-2H3/b11-9+,22-5?;;. The summed E-state index contributed by atoms with van der Waals surface area (Å²) in [6.45, 7) is 13.0. The predicted octanol–water partition coefficient (Wildman–Crippen LogP) is 7.24. The Morgan fingerprint density at radius 1 is 1.20 bits per heavy atom. The average Bonchev–Trinajstić information content (AvgIpc) is 2.71. The molecule has 0 spiro atoms. The second-order valence-corrected chi connectivity index (χ2v) is 6.16. The Morgan fingerprint density at radius 2 is 1.77 bits per heavy atom. The molecular weight excluding hydrogens is 393 g/mol. The van der Waals surface area contributed by atoms with E-state index in [-0.39, 0.29) is 16.6 Å². The van der Waals surface area contributed by atoms with Crippen LogP contribution in [0.2, 0.25) is 0 Å². The van der Waals surface area contributed by atoms with E-state index in [1.54, 1.807) is 20.1 Å². The minimum atomic E-state index is -4.50. The first kappa shape index (κ1) is 27.3. The number of pyridine rings is 1. The summed E-state index contributed by atoms with van der Waals surface area (Å²) < 4.78 is 44.3. The van der Waals surface area contributed by atoms with Gasteiger partial charge in [0, 0.05) is 17.8 Å². The number of ether oxygens (including phenoxy) is 1. The number of rotatable bonds is 3. The monoisotopic (exact) mass is 424 g/mol. The maximum absolute atomic E-state index is 13.2. The van der Waals surface area contributed by atoms with Gasteiger partial charge in [-0.05, 0) is 50.1 Å². The highest BCUT2D eigenvalue weighted by Crippen LogP contribution is 2.35. The lowest BCUT2D eigenvalue weighted by Gasteiger charge is -2.14. The molecule has 166 valence electrons. The number of esters is 1. The maximum Gasteiger partial charge on any atom is 0.416 e. The maximum atomic E-state index is 13.2. The SMILES string of the molecule is CC.CC=N/C=C(\C)c1cc(C(=O)OC)c2cc(C)c(C(F)(F)F)cc2n1.CCC. The number of carbonyl (C=O) groups is 1. The smallest absolute Gasteiger partial charge is 0.416 e. The van der Waals surface area contributed by atoms with Crippen molar-refractivity contribution >= 4 is 28.7 Å². The zero-order chi connectivity index (χ0) is 23.5. The van der Waals surface area contributed by atoms with E-state index >= 15 is 0 Å². The van der Waals surface area contributed by atoms with Crippen LogP contribution in [0, 0.1) is 6.92 Å². The lowest BCUT2D eigenvalue weighted by molar-refractivity contribution is -0.137. The van der Waals surface area contributed by atoms with Crippen LogP contribution in [0.1, 0.15) is 75.1 Å². The molecule has 30 heavy (non-hydrogen) atoms. The molecule has 4 nitrogen and oxygen atoms in total. The van der Waals surface area contributed by atoms with Crippen molar-refractivity contribution in [2.75, 3.05) is 7.11 Å². The number of aromatic nitrogens is 1. The highest BCUT2D eigenvalue weighted by molar-refractivity contribution is 6.04. The third kappa shape index (κ3) is 7.28. The zero-order valence-electron chi connectivity index (χ0n) is 18.9. The summed E-state index contributed by atoms with van der Waals surface area (Å²) in [5.74, 6) is -0.639. The molecule has 0 saturated heterocycles. The van der Waals surface area contributed by atoms with Crippen LogP contribution < -0.4 is 0 Å². The van der Waals surface area contributed by atoms with E-state index in [1.807, 2.05) is 13.8 Å². The first-order chi connectivity index (χ1) is 14.1. The van der Waals surface area contributed by atoms with Gasteiger partial charge in [0.2, 0.25) is 0 Å². The van der Waals surface area contributed by atoms with Crippen molar-refractivity contribution in [3.05, 3.63) is 46.8 Å². The highest BCUT2D eigenvalue weighted by Gasteiger charge is 2.33. The van der Waals surface area contributed by atoms with Crippen LogP contribution >= 0.6 is 0 Å². The van der Waals surface area contributed by atoms with Crippen LogP contribution in [-0.2, 0) is 10.9 Å². The fourth-order valence-corrected chi connectivity index (χ4v) is 2.42. The predicted molar refractivity (Wildman–Crippen MR) is 118 cm³/mol. The third-order valence-corrected chi connectivity index (χ3v) is 3.69. The molecule has 0 fully saturated rings. The zero-order valence-corrected chi connectivity index (χ0v) is 18.9. The third-order valence-electron chi connectivity index (χ3n) is 3.69. The van der Waals surface area contributed by atoms with Gasteiger partial charge >= 0.3 is 12.1 Å². The normalized spacial score (nSPS) is 11.5. The molecule has 1 aromatic carbocycles. The van der Waals surface area contributed by atoms with Gasteiger partial charge in [0.15, 0.2) is 0 Å². The Balaban J connectivity index is 0.00000154. The number of hydrogen-bond donors (Lipinski definition) is 0. The van der Waals surface area contributed by atoms with Gasteiger partial charge in [0.25, 0.3) is 0 Å². The highest BCUT2D eigenvalue weighted by atomic mass is 19.4. The fraction of sp³-hybridized carbons (Fsp3) is 0.435. The first-order valence-corrected chi connectivity index (χ1v) is 9.86. The number of allylic oxidation sites excluding steroid dienone is 1. The summed E-state index contributed by atoms with van der Waals surface area (Å²) in [5.41, 5.74) is 0.433. The van der Waals surface area contributed by atoms with Crippen LogP contribution in [0.25, 0.3) is 16.5 Å². The number of aliphatic imine (C=N–C) groups is 1. The van der Waals surface area contributed by atoms with Gasteiger partial charge in [0.05, 0.1) is 29.4 Å². The summed E-state index contributed by atoms with van der Waals surface area (Å²) in [7, 11) is 1.22. The van der Waals surface area contributed by atoms with Gasteiger partial charge in [-0.3, -0.25) is 4.99 Å². The van der Waals surface area contributed by atoms with Crippen LogP contribution in [0.3, 0.4) is 0 Å². The second-order valence-electron chi connectivity index (χ2n) is 6.16. The van der Waals surface area contributed by atoms with Crippen molar-refractivity contribution in [1.29, 1.82) is 0 Å². The van der Waals surface area contributed by atoms with E-state index in [0.29, 0.717) is 16.7 Å². The van der Waals surface area contributed by atoms with E-state index in [2.05, 4.69) is 23.8 Å². The van der Waals surface area contributed by atoms with Crippen molar-refractivity contribution in [1.82, 2.24) is 4.98 Å². The largest absolute Gasteiger partial charge is 0.465 e. The molecule has 0 amide bonds. The number of nitrogens with zero attached hydrogens (tertiary/aromatic N) is 2. The van der Waals surface area contributed by atoms with Crippen molar-refractivity contribution < 1.29 is 22.7 Å². The molecule has 0 unspecified atom stereocenters. The van der Waals surface area contributed by atoms with Gasteiger partial charge in [0.1, 0.15) is 0 Å². The summed E-state index contributed by atoms with van der Waals surface area (Å²) in [5, 5.41) is 0.313. The van der Waals surface area contributed by atoms with E-state index in [0.717, 1.165) is 6.07 Å². The molecule has 0 N–H and O–H groups in total. The topological polar surface area (TPSA) is 51.5 Å². The van der Waals surface area contributed by atoms with Crippen LogP contribution in [0.15, 0.2) is 29.4 Å². The van der Waals surface area contributed by atoms with Crippen LogP contribution in [0.4, 0.5) is 13.2 Å². The van der Waals surface area contributed by atoms with E-state index in [4.69, 9.17) is 4.74 Å². The van der Waals surface area contributed by atoms with Crippen molar-refractivity contribution in [2.45, 2.75) is 61.1 Å². The lowest BCUT2D eigenvalue weighted by atomic mass is 9.99. The molecule has 2 rings (SSSR count). The molecule has 7 heteroatoms. The summed E-state index contributed by atoms with van der Waals surface area (Å²) in [6.07, 6.45) is -0.163. The Morgan fingerprint density at radius 3 is 2.23 bits per heavy atom. The van der Waals surface area contributed by atoms with Gasteiger partial charge in [-0.2, -0.15) is 13.2 Å². The van der Waals surface area contributed by atoms with Gasteiger partial charge in [-0.15, -0.1) is 0 Å². The molecule has 1 heterocycles. The van der Waals surface area contributed by atoms with E-state index < -0.39 is 17.7 Å². The summed E-state index contributed by atoms with van der Waals surface area (Å²) in [4.78, 5) is 20.3. The van der Waals surface area contributed by atoms with Crippen molar-refractivity contribution in [3.63, 3.8) is 0 Å². The van der Waals surface area contributed by atoms with Crippen LogP contribution in [0.5, 0.6) is 0 Å². The number of alkyl halides is 3. The van der Waals surface area contributed by atoms with Crippen molar-refractivity contribution in [2.24, 2.45) is 4.99 Å². The first-order valence-electron chi connectivity index (χ1n) is 9.86. The minimum absolute atomic E-state index is 0.0163. The number of hydrogen-bond acceptors (Lipinski definition) is 4. The van der Waals surface area contributed by atoms with Gasteiger partial charge < -0.3 is 4.74 Å². The molecular formula is C23H31F3N2O2. The molecule has 0 aliphatic heterocycles. The molecule has 0 saturated carbocycles. The second kappa shape index (κ2) is 12.8. The Hall–Kier alpha value is -2.70. The molecule has 0 radical (unpaired) electrons. The lowest BCUT2D eigenvalue weighted by Crippen LogP contribution is -2.10. The number of fused-ring (bicyclic) bond motifs is 1. The quantitative estimate of drug-likeness (QED) is 0.385. The van der Waals surface area contributed by atoms with Gasteiger partial charge in [-0.1, -0.05) is 34.1 Å². The van der Waals surface area contributed by atoms with E-state index in [1.165, 1.54) is 38.8 Å². The molecule has 0 bridgehead atoms. The molecule has 0 aliphatic rings. The van der Waals surface area contributed by atoms with E-state index in [9.17, 15) is 18.0 Å². The van der Waals surface area contributed by atoms with Crippen LogP contribution in [-0.4, -0.2) is 24.3 Å². The number of halogens is 3. The molecule has 2 aromatic rings. The Kier molecular flexibility index (Phi) is 11.6. The van der Waals surface area contributed by atoms with Gasteiger partial charge in [-0.25, -0.2) is 9.78 Å². The number of benzene rings is 1. The molecule has 0 aliphatic carbocycles. The number of carbonyl (C=O) groups excluding carboxylic acids is 1. The minimum Gasteiger partial charge on any atom is -0.465 e. The number of methoxy groups -OCH3 is 1. The Labute approximate surface area is 176 Å². The fourth-order valence-electron chi connectivity index (χ4n) is 2.42. The molecule has 1 aromatic heterocycles. The average molecular weight is 425 g/mol. The number of aryl methyl sites for hydroxylation is 1. The molecule has 0 atom stereocenters. The van der Waals surface area contributed by atoms with Crippen molar-refractivity contribution in [3.8, 4) is 0 Å².